The van der Waals surface area contributed by atoms with Crippen molar-refractivity contribution in [3.05, 3.63) is 42.7 Å². The minimum Gasteiger partial charge on any atom is -0.362 e. The number of nitrogens with zero attached hydrogens (tertiary/aromatic N) is 6. The van der Waals surface area contributed by atoms with Gasteiger partial charge in [-0.05, 0) is 25.0 Å². The Morgan fingerprint density at radius 2 is 2.32 bits per heavy atom. The fourth-order valence-corrected chi connectivity index (χ4v) is 2.18. The van der Waals surface area contributed by atoms with Crippen LogP contribution in [0.4, 0.5) is 5.82 Å². The van der Waals surface area contributed by atoms with Gasteiger partial charge in [-0.2, -0.15) is 10.1 Å². The van der Waals surface area contributed by atoms with Crippen molar-refractivity contribution in [1.82, 2.24) is 29.9 Å². The number of pyridine rings is 1. The van der Waals surface area contributed by atoms with Gasteiger partial charge in [-0.15, -0.1) is 0 Å². The van der Waals surface area contributed by atoms with E-state index in [-0.39, 0.29) is 19.1 Å². The van der Waals surface area contributed by atoms with Crippen LogP contribution in [-0.2, 0) is 16.1 Å². The number of hydrogen-bond donors (Lipinski definition) is 1. The molecule has 1 fully saturated rings. The maximum absolute atomic E-state index is 11.9. The molecule has 0 atom stereocenters. The Bertz CT molecular complexity index is 840. The predicted molar refractivity (Wildman–Crippen MR) is 83.7 cm³/mol. The van der Waals surface area contributed by atoms with Crippen LogP contribution in [-0.4, -0.2) is 42.4 Å². The Balaban J connectivity index is 1.24. The van der Waals surface area contributed by atoms with Crippen LogP contribution in [0.1, 0.15) is 30.5 Å². The molecule has 10 heteroatoms. The molecule has 0 unspecified atom stereocenters. The molecule has 0 radical (unpaired) electrons. The Labute approximate surface area is 142 Å². The Kier molecular flexibility index (Phi) is 4.17. The minimum absolute atomic E-state index is 0.103. The van der Waals surface area contributed by atoms with E-state index in [0.717, 1.165) is 24.4 Å². The van der Waals surface area contributed by atoms with Crippen molar-refractivity contribution in [2.75, 3.05) is 11.9 Å². The third-order valence-electron chi connectivity index (χ3n) is 3.58. The third kappa shape index (κ3) is 3.86. The van der Waals surface area contributed by atoms with Crippen molar-refractivity contribution in [2.45, 2.75) is 25.4 Å². The highest BCUT2D eigenvalue weighted by Gasteiger charge is 2.28. The average Bonchev–Trinajstić information content (AvgIpc) is 3.12. The van der Waals surface area contributed by atoms with Crippen LogP contribution in [0.3, 0.4) is 0 Å². The molecule has 1 aliphatic carbocycles. The summed E-state index contributed by atoms with van der Waals surface area (Å²) in [5, 5.41) is 10.5. The summed E-state index contributed by atoms with van der Waals surface area (Å²) in [5.74, 6) is 1.63. The summed E-state index contributed by atoms with van der Waals surface area (Å²) in [6.07, 6.45) is 6.79. The lowest BCUT2D eigenvalue weighted by Gasteiger charge is -2.05. The molecule has 0 spiro atoms. The zero-order chi connectivity index (χ0) is 17.1. The van der Waals surface area contributed by atoms with Crippen LogP contribution < -0.4 is 5.32 Å². The molecule has 1 N–H and O–H groups in total. The van der Waals surface area contributed by atoms with E-state index in [2.05, 4.69) is 30.5 Å². The van der Waals surface area contributed by atoms with E-state index in [1.807, 2.05) is 0 Å². The summed E-state index contributed by atoms with van der Waals surface area (Å²) in [5.41, 5.74) is 0.745. The Hall–Kier alpha value is -3.14. The second-order valence-electron chi connectivity index (χ2n) is 5.60. The van der Waals surface area contributed by atoms with Crippen molar-refractivity contribution in [3.63, 3.8) is 0 Å². The Morgan fingerprint density at radius 1 is 1.40 bits per heavy atom. The predicted octanol–water partition coefficient (Wildman–Crippen LogP) is 1.08. The van der Waals surface area contributed by atoms with Gasteiger partial charge in [-0.25, -0.2) is 14.6 Å². The van der Waals surface area contributed by atoms with E-state index >= 15 is 0 Å². The van der Waals surface area contributed by atoms with Gasteiger partial charge in [-0.3, -0.25) is 4.79 Å². The van der Waals surface area contributed by atoms with E-state index in [1.54, 1.807) is 29.3 Å². The number of aromatic nitrogens is 6. The molecule has 3 heterocycles. The van der Waals surface area contributed by atoms with Gasteiger partial charge in [0.15, 0.2) is 5.82 Å². The van der Waals surface area contributed by atoms with Gasteiger partial charge in [0.25, 0.3) is 11.8 Å². The molecule has 4 rings (SSSR count). The van der Waals surface area contributed by atoms with E-state index < -0.39 is 0 Å². The van der Waals surface area contributed by atoms with Crippen LogP contribution in [0.2, 0.25) is 0 Å². The topological polar surface area (TPSA) is 121 Å². The first-order valence-corrected chi connectivity index (χ1v) is 7.79. The lowest BCUT2D eigenvalue weighted by atomic mass is 10.4. The number of ether oxygens (including phenoxy) is 1. The standard InChI is InChI=1S/C15H15N7O3/c23-13(6-24-7-14-20-15(21-25-14)10-1-2-10)19-12-4-3-11(5-17-12)22-9-16-8-18-22/h3-5,8-10H,1-2,6-7H2,(H,17,19,23). The van der Waals surface area contributed by atoms with Crippen LogP contribution in [0, 0.1) is 0 Å². The molecule has 0 bridgehead atoms. The number of amides is 1. The quantitative estimate of drug-likeness (QED) is 0.677. The van der Waals surface area contributed by atoms with Crippen molar-refractivity contribution in [3.8, 4) is 5.69 Å². The zero-order valence-corrected chi connectivity index (χ0v) is 13.2. The van der Waals surface area contributed by atoms with Crippen LogP contribution in [0.5, 0.6) is 0 Å². The molecule has 0 saturated heterocycles. The summed E-state index contributed by atoms with van der Waals surface area (Å²) in [4.78, 5) is 24.1. The molecule has 0 aliphatic heterocycles. The third-order valence-corrected chi connectivity index (χ3v) is 3.58. The highest BCUT2D eigenvalue weighted by Crippen LogP contribution is 2.38. The zero-order valence-electron chi connectivity index (χ0n) is 13.2. The van der Waals surface area contributed by atoms with Crippen LogP contribution in [0.25, 0.3) is 5.69 Å². The molecule has 3 aromatic rings. The number of anilines is 1. The summed E-state index contributed by atoms with van der Waals surface area (Å²) in [6, 6.07) is 3.45. The minimum atomic E-state index is -0.317. The van der Waals surface area contributed by atoms with Crippen LogP contribution in [0.15, 0.2) is 35.5 Å². The summed E-state index contributed by atoms with van der Waals surface area (Å²) < 4.78 is 11.9. The summed E-state index contributed by atoms with van der Waals surface area (Å²) in [7, 11) is 0. The van der Waals surface area contributed by atoms with Gasteiger partial charge >= 0.3 is 0 Å². The molecule has 1 saturated carbocycles. The van der Waals surface area contributed by atoms with E-state index in [9.17, 15) is 4.79 Å². The van der Waals surface area contributed by atoms with E-state index in [1.165, 1.54) is 6.33 Å². The van der Waals surface area contributed by atoms with E-state index in [4.69, 9.17) is 9.26 Å². The normalized spacial score (nSPS) is 13.8. The molecule has 128 valence electrons. The van der Waals surface area contributed by atoms with Gasteiger partial charge in [0.1, 0.15) is 31.7 Å². The smallest absolute Gasteiger partial charge is 0.252 e. The van der Waals surface area contributed by atoms with E-state index in [0.29, 0.717) is 17.6 Å². The lowest BCUT2D eigenvalue weighted by Crippen LogP contribution is -2.19. The first kappa shape index (κ1) is 15.4. The highest BCUT2D eigenvalue weighted by atomic mass is 16.5. The molecular formula is C15H15N7O3. The van der Waals surface area contributed by atoms with Crippen molar-refractivity contribution in [1.29, 1.82) is 0 Å². The SMILES string of the molecule is O=C(COCc1nc(C2CC2)no1)Nc1ccc(-n2cncn2)cn1. The molecule has 1 amide bonds. The van der Waals surface area contributed by atoms with Gasteiger partial charge in [0.05, 0.1) is 11.9 Å². The maximum atomic E-state index is 11.9. The first-order chi connectivity index (χ1) is 12.3. The highest BCUT2D eigenvalue weighted by molar-refractivity contribution is 5.90. The number of hydrogen-bond acceptors (Lipinski definition) is 8. The second kappa shape index (κ2) is 6.77. The molecule has 25 heavy (non-hydrogen) atoms. The fraction of sp³-hybridized carbons (Fsp3) is 0.333. The first-order valence-electron chi connectivity index (χ1n) is 7.79. The van der Waals surface area contributed by atoms with Gasteiger partial charge in [0, 0.05) is 5.92 Å². The van der Waals surface area contributed by atoms with Gasteiger partial charge in [0.2, 0.25) is 0 Å². The number of nitrogens with one attached hydrogen (secondary N) is 1. The monoisotopic (exact) mass is 341 g/mol. The van der Waals surface area contributed by atoms with Crippen LogP contribution >= 0.6 is 0 Å². The molecular weight excluding hydrogens is 326 g/mol. The number of carbonyl (C=O) groups excluding carboxylic acids is 1. The fourth-order valence-electron chi connectivity index (χ4n) is 2.18. The lowest BCUT2D eigenvalue weighted by molar-refractivity contribution is -0.121. The summed E-state index contributed by atoms with van der Waals surface area (Å²) >= 11 is 0. The summed E-state index contributed by atoms with van der Waals surface area (Å²) in [6.45, 7) is -0.0283. The number of rotatable bonds is 7. The van der Waals surface area contributed by atoms with Gasteiger partial charge < -0.3 is 14.6 Å². The second-order valence-corrected chi connectivity index (χ2v) is 5.60. The van der Waals surface area contributed by atoms with Crippen molar-refractivity contribution >= 4 is 11.7 Å². The maximum Gasteiger partial charge on any atom is 0.252 e. The molecule has 10 nitrogen and oxygen atoms in total. The van der Waals surface area contributed by atoms with Gasteiger partial charge in [-0.1, -0.05) is 5.16 Å². The Morgan fingerprint density at radius 3 is 3.04 bits per heavy atom. The molecule has 3 aromatic heterocycles. The largest absolute Gasteiger partial charge is 0.362 e. The average molecular weight is 341 g/mol. The van der Waals surface area contributed by atoms with Crippen molar-refractivity contribution < 1.29 is 14.1 Å². The molecule has 0 aromatic carbocycles. The van der Waals surface area contributed by atoms with Crippen molar-refractivity contribution in [2.24, 2.45) is 0 Å². The number of carbonyl (C=O) groups is 1. The molecule has 1 aliphatic rings.